The lowest BCUT2D eigenvalue weighted by molar-refractivity contribution is 0.142. The quantitative estimate of drug-likeness (QED) is 0.786. The molecule has 3 nitrogen and oxygen atoms in total. The highest BCUT2D eigenvalue weighted by atomic mass is 79.9. The molecule has 0 amide bonds. The van der Waals surface area contributed by atoms with Gasteiger partial charge in [-0.2, -0.15) is 0 Å². The zero-order valence-electron chi connectivity index (χ0n) is 6.72. The van der Waals surface area contributed by atoms with E-state index in [1.165, 1.54) is 0 Å². The minimum atomic E-state index is -4.49. The Hall–Kier alpha value is -0.340. The van der Waals surface area contributed by atoms with Gasteiger partial charge in [-0.1, -0.05) is 0 Å². The number of halogens is 5. The van der Waals surface area contributed by atoms with Crippen molar-refractivity contribution in [3.63, 3.8) is 0 Å². The van der Waals surface area contributed by atoms with Crippen LogP contribution < -0.4 is 0 Å². The van der Waals surface area contributed by atoms with Crippen LogP contribution in [0.1, 0.15) is 12.1 Å². The van der Waals surface area contributed by atoms with Crippen molar-refractivity contribution in [2.75, 3.05) is 0 Å². The average Bonchev–Trinajstić information content (AvgIpc) is 2.06. The first-order valence-electron chi connectivity index (χ1n) is 3.32. The van der Waals surface area contributed by atoms with Crippen molar-refractivity contribution in [3.05, 3.63) is 22.2 Å². The normalized spacial score (nSPS) is 12.1. The van der Waals surface area contributed by atoms with Gasteiger partial charge < -0.3 is 0 Å². The van der Waals surface area contributed by atoms with Crippen LogP contribution in [0.2, 0.25) is 0 Å². The third-order valence-electron chi connectivity index (χ3n) is 1.41. The molecule has 0 radical (unpaired) electrons. The van der Waals surface area contributed by atoms with Crippen LogP contribution in [-0.2, 0) is 9.05 Å². The van der Waals surface area contributed by atoms with E-state index in [1.807, 2.05) is 0 Å². The lowest BCUT2D eigenvalue weighted by Gasteiger charge is -2.07. The molecule has 1 heterocycles. The molecule has 9 heteroatoms. The van der Waals surface area contributed by atoms with Crippen molar-refractivity contribution < 1.29 is 21.6 Å². The molecular formula is C6H2BrClF3NO2S. The van der Waals surface area contributed by atoms with E-state index in [2.05, 4.69) is 20.9 Å². The Labute approximate surface area is 95.8 Å². The SMILES string of the molecule is O=S(=O)(Cl)c1c(C(F)F)ncc(F)c1Br. The fourth-order valence-electron chi connectivity index (χ4n) is 0.850. The molecule has 1 aromatic heterocycles. The Balaban J connectivity index is 3.65. The Morgan fingerprint density at radius 3 is 2.40 bits per heavy atom. The van der Waals surface area contributed by atoms with Gasteiger partial charge in [0.25, 0.3) is 15.5 Å². The van der Waals surface area contributed by atoms with E-state index in [1.54, 1.807) is 0 Å². The average molecular weight is 325 g/mol. The lowest BCUT2D eigenvalue weighted by atomic mass is 10.3. The smallest absolute Gasteiger partial charge is 0.251 e. The highest BCUT2D eigenvalue weighted by Gasteiger charge is 2.28. The summed E-state index contributed by atoms with van der Waals surface area (Å²) in [6, 6.07) is 0. The van der Waals surface area contributed by atoms with Crippen LogP contribution in [0.5, 0.6) is 0 Å². The Morgan fingerprint density at radius 1 is 1.47 bits per heavy atom. The molecule has 0 bridgehead atoms. The van der Waals surface area contributed by atoms with E-state index >= 15 is 0 Å². The molecule has 0 atom stereocenters. The summed E-state index contributed by atoms with van der Waals surface area (Å²) in [4.78, 5) is 1.94. The number of rotatable bonds is 2. The molecule has 0 aliphatic rings. The van der Waals surface area contributed by atoms with Crippen LogP contribution in [0.25, 0.3) is 0 Å². The summed E-state index contributed by atoms with van der Waals surface area (Å²) in [5.74, 6) is -1.08. The van der Waals surface area contributed by atoms with Gasteiger partial charge in [0, 0.05) is 10.7 Å². The summed E-state index contributed by atoms with van der Waals surface area (Å²) in [7, 11) is 0.398. The van der Waals surface area contributed by atoms with Crippen molar-refractivity contribution in [2.45, 2.75) is 11.3 Å². The molecular weight excluding hydrogens is 322 g/mol. The van der Waals surface area contributed by atoms with Crippen LogP contribution >= 0.6 is 26.6 Å². The van der Waals surface area contributed by atoms with Crippen LogP contribution in [0, 0.1) is 5.82 Å². The molecule has 0 aromatic carbocycles. The first-order valence-corrected chi connectivity index (χ1v) is 6.42. The highest BCUT2D eigenvalue weighted by Crippen LogP contribution is 2.34. The number of pyridine rings is 1. The summed E-state index contributed by atoms with van der Waals surface area (Å²) >= 11 is 2.52. The van der Waals surface area contributed by atoms with Gasteiger partial charge in [-0.25, -0.2) is 21.6 Å². The molecule has 15 heavy (non-hydrogen) atoms. The number of hydrogen-bond acceptors (Lipinski definition) is 3. The number of aromatic nitrogens is 1. The van der Waals surface area contributed by atoms with E-state index < -0.39 is 36.4 Å². The van der Waals surface area contributed by atoms with E-state index in [-0.39, 0.29) is 0 Å². The van der Waals surface area contributed by atoms with E-state index in [4.69, 9.17) is 10.7 Å². The van der Waals surface area contributed by atoms with Gasteiger partial charge >= 0.3 is 0 Å². The maximum absolute atomic E-state index is 12.9. The summed E-state index contributed by atoms with van der Waals surface area (Å²) in [5, 5.41) is 0. The summed E-state index contributed by atoms with van der Waals surface area (Å²) < 4.78 is 58.8. The van der Waals surface area contributed by atoms with Gasteiger partial charge in [0.05, 0.1) is 10.7 Å². The van der Waals surface area contributed by atoms with Gasteiger partial charge in [-0.05, 0) is 15.9 Å². The molecule has 0 unspecified atom stereocenters. The third kappa shape index (κ3) is 2.61. The molecule has 0 fully saturated rings. The van der Waals surface area contributed by atoms with Crippen molar-refractivity contribution in [2.24, 2.45) is 0 Å². The van der Waals surface area contributed by atoms with Crippen molar-refractivity contribution in [1.29, 1.82) is 0 Å². The second-order valence-electron chi connectivity index (χ2n) is 2.37. The molecule has 1 rings (SSSR count). The zero-order valence-corrected chi connectivity index (χ0v) is 9.87. The fraction of sp³-hybridized carbons (Fsp3) is 0.167. The summed E-state index contributed by atoms with van der Waals surface area (Å²) in [6.45, 7) is 0. The predicted octanol–water partition coefficient (Wildman–Crippen LogP) is 2.85. The van der Waals surface area contributed by atoms with Gasteiger partial charge in [-0.3, -0.25) is 4.98 Å². The maximum Gasteiger partial charge on any atom is 0.281 e. The van der Waals surface area contributed by atoms with Gasteiger partial charge in [0.1, 0.15) is 10.6 Å². The van der Waals surface area contributed by atoms with Crippen LogP contribution in [0.3, 0.4) is 0 Å². The maximum atomic E-state index is 12.9. The Bertz CT molecular complexity index is 493. The summed E-state index contributed by atoms with van der Waals surface area (Å²) in [5.41, 5.74) is -1.08. The molecule has 1 aromatic rings. The van der Waals surface area contributed by atoms with Crippen molar-refractivity contribution in [3.8, 4) is 0 Å². The number of hydrogen-bond donors (Lipinski definition) is 0. The van der Waals surface area contributed by atoms with E-state index in [9.17, 15) is 21.6 Å². The molecule has 0 saturated carbocycles. The van der Waals surface area contributed by atoms with Gasteiger partial charge in [0.15, 0.2) is 5.82 Å². The second-order valence-corrected chi connectivity index (χ2v) is 5.67. The molecule has 0 aliphatic carbocycles. The molecule has 84 valence electrons. The minimum Gasteiger partial charge on any atom is -0.251 e. The first-order chi connectivity index (χ1) is 6.75. The standard InChI is InChI=1S/C6H2BrClF3NO2S/c7-3-2(9)1-12-4(6(10)11)5(3)15(8,13)14/h1,6H. The monoisotopic (exact) mass is 323 g/mol. The third-order valence-corrected chi connectivity index (χ3v) is 3.81. The topological polar surface area (TPSA) is 47.0 Å². The van der Waals surface area contributed by atoms with Crippen molar-refractivity contribution in [1.82, 2.24) is 4.98 Å². The molecule has 0 aliphatic heterocycles. The second kappa shape index (κ2) is 4.26. The number of nitrogens with zero attached hydrogens (tertiary/aromatic N) is 1. The minimum absolute atomic E-state index is 0.483. The van der Waals surface area contributed by atoms with Crippen LogP contribution in [0.15, 0.2) is 15.6 Å². The molecule has 0 saturated heterocycles. The molecule has 0 spiro atoms. The fourth-order valence-corrected chi connectivity index (χ4v) is 3.25. The Morgan fingerprint density at radius 2 is 2.00 bits per heavy atom. The Kier molecular flexibility index (Phi) is 3.62. The molecule has 0 N–H and O–H groups in total. The number of alkyl halides is 2. The lowest BCUT2D eigenvalue weighted by Crippen LogP contribution is -2.04. The zero-order chi connectivity index (χ0) is 11.8. The van der Waals surface area contributed by atoms with Crippen LogP contribution in [0.4, 0.5) is 13.2 Å². The van der Waals surface area contributed by atoms with Crippen LogP contribution in [-0.4, -0.2) is 13.4 Å². The van der Waals surface area contributed by atoms with Gasteiger partial charge in [0.2, 0.25) is 0 Å². The predicted molar refractivity (Wildman–Crippen MR) is 49.9 cm³/mol. The highest BCUT2D eigenvalue weighted by molar-refractivity contribution is 9.10. The first kappa shape index (κ1) is 12.7. The van der Waals surface area contributed by atoms with E-state index in [0.29, 0.717) is 6.20 Å². The summed E-state index contributed by atoms with van der Waals surface area (Å²) in [6.07, 6.45) is -2.68. The largest absolute Gasteiger partial charge is 0.281 e. The van der Waals surface area contributed by atoms with Gasteiger partial charge in [-0.15, -0.1) is 0 Å². The van der Waals surface area contributed by atoms with Crippen molar-refractivity contribution >= 4 is 35.7 Å². The van der Waals surface area contributed by atoms with E-state index in [0.717, 1.165) is 0 Å².